The molecule has 1 atom stereocenters. The Morgan fingerprint density at radius 3 is 2.55 bits per heavy atom. The molecule has 40 heavy (non-hydrogen) atoms. The average molecular weight is 540 g/mol. The number of rotatable bonds is 10. The SMILES string of the molecule is CCCCc1nc2cc(NC(=O)N(C)C)c(C)nc2n1Cc1ccc(OC(c2ccccc2)c2nn[nH]n2)cc1. The largest absolute Gasteiger partial charge is 0.478 e. The van der Waals surface area contributed by atoms with E-state index in [4.69, 9.17) is 14.7 Å². The van der Waals surface area contributed by atoms with Crippen molar-refractivity contribution in [3.63, 3.8) is 0 Å². The van der Waals surface area contributed by atoms with Gasteiger partial charge in [0.25, 0.3) is 0 Å². The molecule has 1 unspecified atom stereocenters. The number of hydrogen-bond acceptors (Lipinski definition) is 7. The Labute approximate surface area is 232 Å². The van der Waals surface area contributed by atoms with E-state index in [1.54, 1.807) is 14.1 Å². The van der Waals surface area contributed by atoms with Gasteiger partial charge in [-0.1, -0.05) is 61.0 Å². The first kappa shape index (κ1) is 26.8. The fourth-order valence-corrected chi connectivity index (χ4v) is 4.40. The molecule has 3 heterocycles. The van der Waals surface area contributed by atoms with Gasteiger partial charge in [-0.05, 0) is 37.1 Å². The van der Waals surface area contributed by atoms with Crippen LogP contribution >= 0.6 is 0 Å². The summed E-state index contributed by atoms with van der Waals surface area (Å²) in [5.74, 6) is 2.13. The molecular weight excluding hydrogens is 506 g/mol. The van der Waals surface area contributed by atoms with Gasteiger partial charge in [-0.2, -0.15) is 5.21 Å². The van der Waals surface area contributed by atoms with Gasteiger partial charge in [0.15, 0.2) is 11.8 Å². The highest BCUT2D eigenvalue weighted by molar-refractivity contribution is 5.91. The van der Waals surface area contributed by atoms with Crippen LogP contribution in [0.4, 0.5) is 10.5 Å². The fraction of sp³-hybridized carbons (Fsp3) is 0.310. The molecule has 0 saturated heterocycles. The van der Waals surface area contributed by atoms with Gasteiger partial charge in [0.1, 0.15) is 17.1 Å². The number of H-pyrrole nitrogens is 1. The van der Waals surface area contributed by atoms with Crippen LogP contribution < -0.4 is 10.1 Å². The van der Waals surface area contributed by atoms with Crippen LogP contribution in [-0.4, -0.2) is 60.2 Å². The van der Waals surface area contributed by atoms with Gasteiger partial charge in [-0.15, -0.1) is 10.2 Å². The van der Waals surface area contributed by atoms with Crippen molar-refractivity contribution in [3.05, 3.63) is 89.1 Å². The number of hydrogen-bond donors (Lipinski definition) is 2. The molecule has 5 aromatic rings. The predicted octanol–water partition coefficient (Wildman–Crippen LogP) is 4.91. The number of nitrogens with zero attached hydrogens (tertiary/aromatic N) is 7. The van der Waals surface area contributed by atoms with Gasteiger partial charge in [-0.25, -0.2) is 14.8 Å². The molecule has 2 aromatic carbocycles. The van der Waals surface area contributed by atoms with Crippen molar-refractivity contribution in [3.8, 4) is 5.75 Å². The fourth-order valence-electron chi connectivity index (χ4n) is 4.40. The molecule has 3 aromatic heterocycles. The molecule has 0 aliphatic heterocycles. The Morgan fingerprint density at radius 2 is 1.88 bits per heavy atom. The van der Waals surface area contributed by atoms with E-state index in [0.717, 1.165) is 53.1 Å². The second-order valence-electron chi connectivity index (χ2n) is 9.83. The van der Waals surface area contributed by atoms with Crippen LogP contribution in [0.25, 0.3) is 11.2 Å². The zero-order chi connectivity index (χ0) is 28.1. The third-order valence-corrected chi connectivity index (χ3v) is 6.61. The monoisotopic (exact) mass is 539 g/mol. The Balaban J connectivity index is 1.41. The van der Waals surface area contributed by atoms with Crippen LogP contribution in [-0.2, 0) is 13.0 Å². The molecule has 0 spiro atoms. The minimum absolute atomic E-state index is 0.203. The second-order valence-corrected chi connectivity index (χ2v) is 9.83. The number of fused-ring (bicyclic) bond motifs is 1. The van der Waals surface area contributed by atoms with Crippen molar-refractivity contribution in [2.45, 2.75) is 45.8 Å². The summed E-state index contributed by atoms with van der Waals surface area (Å²) in [6.45, 7) is 4.67. The number of carbonyl (C=O) groups is 1. The second kappa shape index (κ2) is 11.9. The average Bonchev–Trinajstić information content (AvgIpc) is 3.60. The number of imidazole rings is 1. The summed E-state index contributed by atoms with van der Waals surface area (Å²) in [5.41, 5.74) is 4.98. The van der Waals surface area contributed by atoms with Crippen LogP contribution in [0.5, 0.6) is 5.75 Å². The smallest absolute Gasteiger partial charge is 0.321 e. The molecule has 0 radical (unpaired) electrons. The van der Waals surface area contributed by atoms with E-state index in [2.05, 4.69) is 37.4 Å². The standard InChI is InChI=1S/C29H33N9O2/c1-5-6-12-25-31-24-17-23(32-29(39)37(3)4)19(2)30-28(24)38(25)18-20-13-15-22(16-14-20)40-26(27-33-35-36-34-27)21-10-8-7-9-11-21/h7-11,13-17,26H,5-6,12,18H2,1-4H3,(H,32,39)(H,33,34,35,36). The van der Waals surface area contributed by atoms with E-state index >= 15 is 0 Å². The van der Waals surface area contributed by atoms with Gasteiger partial charge < -0.3 is 19.5 Å². The first-order valence-electron chi connectivity index (χ1n) is 13.3. The van der Waals surface area contributed by atoms with E-state index in [0.29, 0.717) is 23.8 Å². The van der Waals surface area contributed by atoms with E-state index in [9.17, 15) is 4.79 Å². The third kappa shape index (κ3) is 5.93. The summed E-state index contributed by atoms with van der Waals surface area (Å²) >= 11 is 0. The summed E-state index contributed by atoms with van der Waals surface area (Å²) in [5, 5.41) is 17.4. The first-order chi connectivity index (χ1) is 19.4. The molecular formula is C29H33N9O2. The van der Waals surface area contributed by atoms with Crippen LogP contribution in [0.3, 0.4) is 0 Å². The van der Waals surface area contributed by atoms with Gasteiger partial charge in [0, 0.05) is 26.1 Å². The Kier molecular flexibility index (Phi) is 7.99. The minimum Gasteiger partial charge on any atom is -0.478 e. The molecule has 11 nitrogen and oxygen atoms in total. The number of aryl methyl sites for hydroxylation is 2. The Hall–Kier alpha value is -4.80. The molecule has 2 amide bonds. The number of aromatic nitrogens is 7. The lowest BCUT2D eigenvalue weighted by molar-refractivity contribution is 0.230. The van der Waals surface area contributed by atoms with Crippen molar-refractivity contribution in [1.29, 1.82) is 0 Å². The highest BCUT2D eigenvalue weighted by Gasteiger charge is 2.21. The van der Waals surface area contributed by atoms with E-state index in [1.165, 1.54) is 4.90 Å². The van der Waals surface area contributed by atoms with Crippen molar-refractivity contribution >= 4 is 22.9 Å². The number of tetrazole rings is 1. The number of benzene rings is 2. The minimum atomic E-state index is -0.488. The number of ether oxygens (including phenoxy) is 1. The molecule has 206 valence electrons. The number of aromatic amines is 1. The topological polar surface area (TPSA) is 127 Å². The summed E-state index contributed by atoms with van der Waals surface area (Å²) in [4.78, 5) is 23.5. The van der Waals surface area contributed by atoms with Crippen LogP contribution in [0, 0.1) is 6.92 Å². The number of urea groups is 1. The summed E-state index contributed by atoms with van der Waals surface area (Å²) < 4.78 is 8.47. The van der Waals surface area contributed by atoms with Crippen LogP contribution in [0.2, 0.25) is 0 Å². The van der Waals surface area contributed by atoms with E-state index in [-0.39, 0.29) is 6.03 Å². The number of anilines is 1. The molecule has 0 bridgehead atoms. The van der Waals surface area contributed by atoms with Gasteiger partial charge in [-0.3, -0.25) is 0 Å². The van der Waals surface area contributed by atoms with Crippen LogP contribution in [0.1, 0.15) is 54.3 Å². The van der Waals surface area contributed by atoms with E-state index < -0.39 is 6.10 Å². The highest BCUT2D eigenvalue weighted by atomic mass is 16.5. The lowest BCUT2D eigenvalue weighted by Gasteiger charge is -2.17. The third-order valence-electron chi connectivity index (χ3n) is 6.61. The normalized spacial score (nSPS) is 11.9. The lowest BCUT2D eigenvalue weighted by Crippen LogP contribution is -2.27. The molecule has 0 saturated carbocycles. The number of carbonyl (C=O) groups excluding carboxylic acids is 1. The van der Waals surface area contributed by atoms with Crippen molar-refractivity contribution < 1.29 is 9.53 Å². The van der Waals surface area contributed by atoms with Crippen molar-refractivity contribution in [2.75, 3.05) is 19.4 Å². The van der Waals surface area contributed by atoms with Crippen molar-refractivity contribution in [1.82, 2.24) is 40.1 Å². The maximum Gasteiger partial charge on any atom is 0.321 e. The highest BCUT2D eigenvalue weighted by Crippen LogP contribution is 2.27. The maximum atomic E-state index is 12.2. The summed E-state index contributed by atoms with van der Waals surface area (Å²) in [6.07, 6.45) is 2.44. The first-order valence-corrected chi connectivity index (χ1v) is 13.3. The number of pyridine rings is 1. The van der Waals surface area contributed by atoms with Crippen molar-refractivity contribution in [2.24, 2.45) is 0 Å². The Bertz CT molecular complexity index is 1560. The van der Waals surface area contributed by atoms with Crippen LogP contribution in [0.15, 0.2) is 60.7 Å². The Morgan fingerprint density at radius 1 is 1.10 bits per heavy atom. The number of nitrogens with one attached hydrogen (secondary N) is 2. The van der Waals surface area contributed by atoms with Gasteiger partial charge in [0.2, 0.25) is 5.82 Å². The molecule has 2 N–H and O–H groups in total. The number of unbranched alkanes of at least 4 members (excludes halogenated alkanes) is 1. The predicted molar refractivity (Wildman–Crippen MR) is 152 cm³/mol. The van der Waals surface area contributed by atoms with Gasteiger partial charge >= 0.3 is 6.03 Å². The molecule has 0 aliphatic carbocycles. The summed E-state index contributed by atoms with van der Waals surface area (Å²) in [6, 6.07) is 19.5. The quantitative estimate of drug-likeness (QED) is 0.258. The molecule has 11 heteroatoms. The molecule has 0 aliphatic rings. The zero-order valence-corrected chi connectivity index (χ0v) is 23.1. The number of amides is 2. The van der Waals surface area contributed by atoms with Gasteiger partial charge in [0.05, 0.1) is 17.9 Å². The zero-order valence-electron chi connectivity index (χ0n) is 23.1. The molecule has 5 rings (SSSR count). The summed E-state index contributed by atoms with van der Waals surface area (Å²) in [7, 11) is 3.41. The molecule has 0 fully saturated rings. The lowest BCUT2D eigenvalue weighted by atomic mass is 10.1. The van der Waals surface area contributed by atoms with E-state index in [1.807, 2.05) is 67.6 Å². The maximum absolute atomic E-state index is 12.2.